The van der Waals surface area contributed by atoms with E-state index < -0.39 is 5.97 Å². The summed E-state index contributed by atoms with van der Waals surface area (Å²) < 4.78 is 1.58. The maximum absolute atomic E-state index is 11.0. The molecule has 1 aromatic carbocycles. The first-order valence-electron chi connectivity index (χ1n) is 5.49. The van der Waals surface area contributed by atoms with Gasteiger partial charge in [-0.1, -0.05) is 12.1 Å². The molecule has 0 saturated carbocycles. The van der Waals surface area contributed by atoms with Crippen LogP contribution in [0.4, 0.5) is 0 Å². The second-order valence-corrected chi connectivity index (χ2v) is 4.53. The Morgan fingerprint density at radius 3 is 2.56 bits per heavy atom. The minimum Gasteiger partial charge on any atom is -0.476 e. The van der Waals surface area contributed by atoms with Crippen LogP contribution in [0.15, 0.2) is 29.2 Å². The predicted octanol–water partition coefficient (Wildman–Crippen LogP) is 2.25. The third-order valence-corrected chi connectivity index (χ3v) is 3.36. The molecule has 0 bridgehead atoms. The zero-order chi connectivity index (χ0) is 13.1. The highest BCUT2D eigenvalue weighted by Gasteiger charge is 2.18. The molecule has 2 aromatic rings. The Hall–Kier alpha value is -1.82. The van der Waals surface area contributed by atoms with Crippen molar-refractivity contribution in [1.29, 1.82) is 0 Å². The highest BCUT2D eigenvalue weighted by molar-refractivity contribution is 7.98. The molecule has 1 aromatic heterocycles. The van der Waals surface area contributed by atoms with Crippen molar-refractivity contribution in [3.05, 3.63) is 35.7 Å². The highest BCUT2D eigenvalue weighted by Crippen LogP contribution is 2.19. The van der Waals surface area contributed by atoms with Crippen LogP contribution in [0.5, 0.6) is 0 Å². The number of aromatic carboxylic acids is 1. The normalized spacial score (nSPS) is 10.6. The van der Waals surface area contributed by atoms with Crippen molar-refractivity contribution < 1.29 is 9.90 Å². The molecule has 6 heteroatoms. The lowest BCUT2D eigenvalue weighted by molar-refractivity contribution is 0.0689. The van der Waals surface area contributed by atoms with Crippen LogP contribution in [0.2, 0.25) is 0 Å². The fraction of sp³-hybridized carbons (Fsp3) is 0.250. The fourth-order valence-corrected chi connectivity index (χ4v) is 2.12. The third kappa shape index (κ3) is 2.24. The summed E-state index contributed by atoms with van der Waals surface area (Å²) in [6.07, 6.45) is 2.57. The monoisotopic (exact) mass is 263 g/mol. The van der Waals surface area contributed by atoms with Gasteiger partial charge < -0.3 is 5.11 Å². The van der Waals surface area contributed by atoms with Crippen molar-refractivity contribution in [1.82, 2.24) is 15.0 Å². The first-order chi connectivity index (χ1) is 8.67. The molecule has 0 radical (unpaired) electrons. The SMILES string of the molecule is CCc1c(C(=O)O)nnn1-c1ccc(SC)cc1. The molecule has 2 rings (SSSR count). The Morgan fingerprint density at radius 2 is 2.06 bits per heavy atom. The Labute approximate surface area is 109 Å². The van der Waals surface area contributed by atoms with Crippen LogP contribution in [0.3, 0.4) is 0 Å². The molecule has 0 atom stereocenters. The molecule has 0 spiro atoms. The van der Waals surface area contributed by atoms with E-state index in [1.807, 2.05) is 37.4 Å². The molecule has 0 amide bonds. The summed E-state index contributed by atoms with van der Waals surface area (Å²) in [5, 5.41) is 16.6. The number of hydrogen-bond donors (Lipinski definition) is 1. The minimum atomic E-state index is -1.04. The quantitative estimate of drug-likeness (QED) is 0.857. The summed E-state index contributed by atoms with van der Waals surface area (Å²) in [7, 11) is 0. The van der Waals surface area contributed by atoms with E-state index in [0.29, 0.717) is 12.1 Å². The van der Waals surface area contributed by atoms with Crippen LogP contribution >= 0.6 is 11.8 Å². The van der Waals surface area contributed by atoms with Gasteiger partial charge >= 0.3 is 5.97 Å². The summed E-state index contributed by atoms with van der Waals surface area (Å²) in [5.41, 5.74) is 1.45. The van der Waals surface area contributed by atoms with Gasteiger partial charge in [-0.25, -0.2) is 9.48 Å². The molecular formula is C12H13N3O2S. The largest absolute Gasteiger partial charge is 0.476 e. The van der Waals surface area contributed by atoms with Crippen molar-refractivity contribution in [3.63, 3.8) is 0 Å². The van der Waals surface area contributed by atoms with Crippen LogP contribution < -0.4 is 0 Å². The van der Waals surface area contributed by atoms with E-state index in [0.717, 1.165) is 10.6 Å². The average Bonchev–Trinajstić information content (AvgIpc) is 2.82. The molecule has 0 aliphatic carbocycles. The van der Waals surface area contributed by atoms with Crippen LogP contribution in [0.25, 0.3) is 5.69 Å². The van der Waals surface area contributed by atoms with Crippen molar-refractivity contribution in [2.45, 2.75) is 18.2 Å². The molecule has 18 heavy (non-hydrogen) atoms. The summed E-state index contributed by atoms with van der Waals surface area (Å²) in [6.45, 7) is 1.89. The summed E-state index contributed by atoms with van der Waals surface area (Å²) in [4.78, 5) is 12.2. The Bertz CT molecular complexity index is 563. The van der Waals surface area contributed by atoms with Crippen LogP contribution in [-0.2, 0) is 6.42 Å². The minimum absolute atomic E-state index is 0.0199. The van der Waals surface area contributed by atoms with Crippen molar-refractivity contribution >= 4 is 17.7 Å². The summed E-state index contributed by atoms with van der Waals surface area (Å²) in [5.74, 6) is -1.04. The highest BCUT2D eigenvalue weighted by atomic mass is 32.2. The van der Waals surface area contributed by atoms with E-state index in [2.05, 4.69) is 10.3 Å². The number of benzene rings is 1. The van der Waals surface area contributed by atoms with E-state index in [1.54, 1.807) is 16.4 Å². The van der Waals surface area contributed by atoms with Gasteiger partial charge in [0.2, 0.25) is 0 Å². The summed E-state index contributed by atoms with van der Waals surface area (Å²) >= 11 is 1.65. The van der Waals surface area contributed by atoms with E-state index >= 15 is 0 Å². The van der Waals surface area contributed by atoms with Gasteiger partial charge in [-0.15, -0.1) is 16.9 Å². The average molecular weight is 263 g/mol. The number of hydrogen-bond acceptors (Lipinski definition) is 4. The standard InChI is InChI=1S/C12H13N3O2S/c1-3-10-11(12(16)17)13-14-15(10)8-4-6-9(18-2)7-5-8/h4-7H,3H2,1-2H3,(H,16,17). The molecule has 0 saturated heterocycles. The number of rotatable bonds is 4. The molecule has 5 nitrogen and oxygen atoms in total. The Morgan fingerprint density at radius 1 is 1.39 bits per heavy atom. The number of nitrogens with zero attached hydrogens (tertiary/aromatic N) is 3. The molecule has 0 aliphatic heterocycles. The van der Waals surface area contributed by atoms with Gasteiger partial charge in [0, 0.05) is 4.90 Å². The number of carboxylic acids is 1. The van der Waals surface area contributed by atoms with Gasteiger partial charge in [0.25, 0.3) is 0 Å². The van der Waals surface area contributed by atoms with Crippen LogP contribution in [0.1, 0.15) is 23.1 Å². The first-order valence-corrected chi connectivity index (χ1v) is 6.72. The molecule has 0 aliphatic rings. The van der Waals surface area contributed by atoms with Gasteiger partial charge in [0.05, 0.1) is 11.4 Å². The number of aromatic nitrogens is 3. The van der Waals surface area contributed by atoms with Gasteiger partial charge in [0.1, 0.15) is 0 Å². The van der Waals surface area contributed by atoms with Crippen molar-refractivity contribution in [2.75, 3.05) is 6.26 Å². The lowest BCUT2D eigenvalue weighted by Gasteiger charge is -2.05. The number of thioether (sulfide) groups is 1. The molecular weight excluding hydrogens is 250 g/mol. The van der Waals surface area contributed by atoms with Gasteiger partial charge in [0.15, 0.2) is 5.69 Å². The van der Waals surface area contributed by atoms with E-state index in [-0.39, 0.29) is 5.69 Å². The third-order valence-electron chi connectivity index (χ3n) is 2.62. The van der Waals surface area contributed by atoms with Gasteiger partial charge in [-0.05, 0) is 36.9 Å². The van der Waals surface area contributed by atoms with E-state index in [1.165, 1.54) is 0 Å². The molecule has 0 unspecified atom stereocenters. The van der Waals surface area contributed by atoms with Crippen molar-refractivity contribution in [3.8, 4) is 5.69 Å². The number of carbonyl (C=O) groups is 1. The molecule has 1 N–H and O–H groups in total. The Balaban J connectivity index is 2.46. The second kappa shape index (κ2) is 5.22. The maximum atomic E-state index is 11.0. The zero-order valence-corrected chi connectivity index (χ0v) is 10.9. The predicted molar refractivity (Wildman–Crippen MR) is 69.5 cm³/mol. The smallest absolute Gasteiger partial charge is 0.358 e. The summed E-state index contributed by atoms with van der Waals surface area (Å²) in [6, 6.07) is 7.76. The molecule has 1 heterocycles. The van der Waals surface area contributed by atoms with E-state index in [4.69, 9.17) is 5.11 Å². The fourth-order valence-electron chi connectivity index (χ4n) is 1.72. The van der Waals surface area contributed by atoms with Gasteiger partial charge in [-0.3, -0.25) is 0 Å². The lowest BCUT2D eigenvalue weighted by Crippen LogP contribution is -2.05. The molecule has 94 valence electrons. The lowest BCUT2D eigenvalue weighted by atomic mass is 10.2. The van der Waals surface area contributed by atoms with Crippen LogP contribution in [0, 0.1) is 0 Å². The Kier molecular flexibility index (Phi) is 3.66. The van der Waals surface area contributed by atoms with Gasteiger partial charge in [-0.2, -0.15) is 0 Å². The first kappa shape index (κ1) is 12.6. The number of carboxylic acid groups (broad SMARTS) is 1. The van der Waals surface area contributed by atoms with E-state index in [9.17, 15) is 4.79 Å². The molecule has 0 fully saturated rings. The maximum Gasteiger partial charge on any atom is 0.358 e. The second-order valence-electron chi connectivity index (χ2n) is 3.65. The van der Waals surface area contributed by atoms with Crippen LogP contribution in [-0.4, -0.2) is 32.3 Å². The topological polar surface area (TPSA) is 68.0 Å². The zero-order valence-electron chi connectivity index (χ0n) is 10.1. The van der Waals surface area contributed by atoms with Crippen molar-refractivity contribution in [2.24, 2.45) is 0 Å².